The summed E-state index contributed by atoms with van der Waals surface area (Å²) in [4.78, 5) is 15.5. The highest BCUT2D eigenvalue weighted by Gasteiger charge is 2.03. The van der Waals surface area contributed by atoms with Crippen LogP contribution in [-0.4, -0.2) is 22.2 Å². The van der Waals surface area contributed by atoms with E-state index < -0.39 is 0 Å². The summed E-state index contributed by atoms with van der Waals surface area (Å²) in [7, 11) is 0. The molecule has 0 aliphatic heterocycles. The van der Waals surface area contributed by atoms with Crippen LogP contribution in [0, 0.1) is 5.92 Å². The molecule has 106 valence electrons. The fraction of sp³-hybridized carbons (Fsp3) is 0.333. The third-order valence-corrected chi connectivity index (χ3v) is 2.69. The Hall–Kier alpha value is -2.30. The van der Waals surface area contributed by atoms with Gasteiger partial charge >= 0.3 is 6.03 Å². The molecule has 0 spiro atoms. The third-order valence-electron chi connectivity index (χ3n) is 2.69. The number of carbonyl (C=O) groups excluding carboxylic acids is 1. The topological polar surface area (TPSA) is 56.1 Å². The fourth-order valence-corrected chi connectivity index (χ4v) is 1.61. The van der Waals surface area contributed by atoms with E-state index in [2.05, 4.69) is 24.1 Å². The number of rotatable bonds is 5. The molecule has 2 aromatic rings. The van der Waals surface area contributed by atoms with Gasteiger partial charge in [-0.3, -0.25) is 4.57 Å². The van der Waals surface area contributed by atoms with E-state index in [1.165, 1.54) is 10.9 Å². The normalized spacial score (nSPS) is 10.6. The molecule has 2 rings (SSSR count). The van der Waals surface area contributed by atoms with Gasteiger partial charge in [0.25, 0.3) is 0 Å². The summed E-state index contributed by atoms with van der Waals surface area (Å²) in [5.74, 6) is 1.35. The van der Waals surface area contributed by atoms with Crippen LogP contribution in [0.2, 0.25) is 0 Å². The first-order valence-electron chi connectivity index (χ1n) is 6.63. The summed E-state index contributed by atoms with van der Waals surface area (Å²) < 4.78 is 7.01. The Morgan fingerprint density at radius 1 is 1.35 bits per heavy atom. The number of hydrogen-bond acceptors (Lipinski definition) is 3. The van der Waals surface area contributed by atoms with Crippen LogP contribution in [0.4, 0.5) is 4.79 Å². The van der Waals surface area contributed by atoms with Crippen molar-refractivity contribution in [2.75, 3.05) is 6.61 Å². The maximum absolute atomic E-state index is 11.7. The number of amides is 1. The maximum Gasteiger partial charge on any atom is 0.327 e. The number of aromatic nitrogens is 2. The fourth-order valence-electron chi connectivity index (χ4n) is 1.61. The lowest BCUT2D eigenvalue weighted by molar-refractivity contribution is 0.242. The molecule has 1 heterocycles. The highest BCUT2D eigenvalue weighted by Crippen LogP contribution is 2.13. The van der Waals surface area contributed by atoms with E-state index in [4.69, 9.17) is 4.74 Å². The standard InChI is InChI=1S/C15H19N3O2/c1-12(2)10-20-14-5-3-13(4-6-14)9-17-15(19)18-8-7-16-11-18/h3-8,11-12H,9-10H2,1-2H3,(H,17,19). The summed E-state index contributed by atoms with van der Waals surface area (Å²) in [6, 6.07) is 7.54. The molecule has 1 aromatic carbocycles. The molecule has 0 atom stereocenters. The van der Waals surface area contributed by atoms with Crippen LogP contribution < -0.4 is 10.1 Å². The van der Waals surface area contributed by atoms with Crippen molar-refractivity contribution in [3.63, 3.8) is 0 Å². The average molecular weight is 273 g/mol. The van der Waals surface area contributed by atoms with Gasteiger partial charge in [0.2, 0.25) is 0 Å². The van der Waals surface area contributed by atoms with E-state index in [0.29, 0.717) is 19.1 Å². The summed E-state index contributed by atoms with van der Waals surface area (Å²) in [5.41, 5.74) is 1.02. The van der Waals surface area contributed by atoms with Crippen molar-refractivity contribution in [3.8, 4) is 5.75 Å². The smallest absolute Gasteiger partial charge is 0.327 e. The van der Waals surface area contributed by atoms with E-state index in [9.17, 15) is 4.79 Å². The summed E-state index contributed by atoms with van der Waals surface area (Å²) in [6.07, 6.45) is 4.65. The lowest BCUT2D eigenvalue weighted by Crippen LogP contribution is -2.26. The van der Waals surface area contributed by atoms with E-state index >= 15 is 0 Å². The van der Waals surface area contributed by atoms with Crippen molar-refractivity contribution in [1.82, 2.24) is 14.9 Å². The van der Waals surface area contributed by atoms with Crippen LogP contribution in [-0.2, 0) is 6.54 Å². The average Bonchev–Trinajstić information content (AvgIpc) is 2.98. The predicted octanol–water partition coefficient (Wildman–Crippen LogP) is 2.68. The van der Waals surface area contributed by atoms with Crippen LogP contribution in [0.5, 0.6) is 5.75 Å². The first kappa shape index (κ1) is 14.1. The van der Waals surface area contributed by atoms with Gasteiger partial charge in [-0.1, -0.05) is 26.0 Å². The van der Waals surface area contributed by atoms with Crippen molar-refractivity contribution >= 4 is 6.03 Å². The van der Waals surface area contributed by atoms with E-state index in [-0.39, 0.29) is 6.03 Å². The van der Waals surface area contributed by atoms with Gasteiger partial charge in [-0.25, -0.2) is 9.78 Å². The Morgan fingerprint density at radius 2 is 2.10 bits per heavy atom. The summed E-state index contributed by atoms with van der Waals surface area (Å²) in [5, 5.41) is 2.81. The van der Waals surface area contributed by atoms with Gasteiger partial charge in [0.05, 0.1) is 6.61 Å². The minimum atomic E-state index is -0.192. The van der Waals surface area contributed by atoms with Gasteiger partial charge in [-0.2, -0.15) is 0 Å². The number of hydrogen-bond donors (Lipinski definition) is 1. The first-order valence-corrected chi connectivity index (χ1v) is 6.63. The molecule has 0 saturated heterocycles. The minimum absolute atomic E-state index is 0.192. The zero-order valence-corrected chi connectivity index (χ0v) is 11.7. The molecule has 0 bridgehead atoms. The van der Waals surface area contributed by atoms with Crippen molar-refractivity contribution < 1.29 is 9.53 Å². The zero-order chi connectivity index (χ0) is 14.4. The monoisotopic (exact) mass is 273 g/mol. The van der Waals surface area contributed by atoms with Crippen molar-refractivity contribution in [1.29, 1.82) is 0 Å². The lowest BCUT2D eigenvalue weighted by Gasteiger charge is -2.09. The summed E-state index contributed by atoms with van der Waals surface area (Å²) >= 11 is 0. The second-order valence-electron chi connectivity index (χ2n) is 4.98. The number of nitrogens with one attached hydrogen (secondary N) is 1. The number of ether oxygens (including phenoxy) is 1. The molecule has 5 heteroatoms. The molecule has 0 radical (unpaired) electrons. The Bertz CT molecular complexity index is 533. The number of carbonyl (C=O) groups is 1. The van der Waals surface area contributed by atoms with Crippen molar-refractivity contribution in [3.05, 3.63) is 48.5 Å². The highest BCUT2D eigenvalue weighted by atomic mass is 16.5. The number of benzene rings is 1. The molecule has 1 amide bonds. The third kappa shape index (κ3) is 4.12. The molecule has 1 N–H and O–H groups in total. The molecule has 0 aliphatic carbocycles. The van der Waals surface area contributed by atoms with Crippen LogP contribution in [0.15, 0.2) is 43.0 Å². The Kier molecular flexibility index (Phi) is 4.76. The SMILES string of the molecule is CC(C)COc1ccc(CNC(=O)n2ccnc2)cc1. The van der Waals surface area contributed by atoms with Crippen LogP contribution in [0.3, 0.4) is 0 Å². The largest absolute Gasteiger partial charge is 0.493 e. The predicted molar refractivity (Wildman–Crippen MR) is 76.6 cm³/mol. The molecule has 5 nitrogen and oxygen atoms in total. The summed E-state index contributed by atoms with van der Waals surface area (Å²) in [6.45, 7) is 5.40. The van der Waals surface area contributed by atoms with Gasteiger partial charge in [0.1, 0.15) is 12.1 Å². The van der Waals surface area contributed by atoms with Gasteiger partial charge in [-0.15, -0.1) is 0 Å². The van der Waals surface area contributed by atoms with Gasteiger partial charge in [0.15, 0.2) is 0 Å². The molecular formula is C15H19N3O2. The highest BCUT2D eigenvalue weighted by molar-refractivity contribution is 5.76. The van der Waals surface area contributed by atoms with Crippen molar-refractivity contribution in [2.24, 2.45) is 5.92 Å². The molecule has 0 saturated carbocycles. The molecular weight excluding hydrogens is 254 g/mol. The quantitative estimate of drug-likeness (QED) is 0.911. The second kappa shape index (κ2) is 6.75. The molecule has 20 heavy (non-hydrogen) atoms. The number of imidazole rings is 1. The Labute approximate surface area is 118 Å². The second-order valence-corrected chi connectivity index (χ2v) is 4.98. The van der Waals surface area contributed by atoms with E-state index in [0.717, 1.165) is 11.3 Å². The van der Waals surface area contributed by atoms with Crippen molar-refractivity contribution in [2.45, 2.75) is 20.4 Å². The van der Waals surface area contributed by atoms with Gasteiger partial charge < -0.3 is 10.1 Å². The molecule has 0 fully saturated rings. The minimum Gasteiger partial charge on any atom is -0.493 e. The van der Waals surface area contributed by atoms with E-state index in [1.807, 2.05) is 24.3 Å². The van der Waals surface area contributed by atoms with Crippen LogP contribution in [0.1, 0.15) is 19.4 Å². The zero-order valence-electron chi connectivity index (χ0n) is 11.7. The van der Waals surface area contributed by atoms with Crippen LogP contribution >= 0.6 is 0 Å². The number of nitrogens with zero attached hydrogens (tertiary/aromatic N) is 2. The van der Waals surface area contributed by atoms with Gasteiger partial charge in [-0.05, 0) is 23.6 Å². The lowest BCUT2D eigenvalue weighted by atomic mass is 10.2. The first-order chi connectivity index (χ1) is 9.65. The van der Waals surface area contributed by atoms with Crippen LogP contribution in [0.25, 0.3) is 0 Å². The van der Waals surface area contributed by atoms with E-state index in [1.54, 1.807) is 12.4 Å². The molecule has 0 aliphatic rings. The van der Waals surface area contributed by atoms with Gasteiger partial charge in [0, 0.05) is 18.9 Å². The maximum atomic E-state index is 11.7. The molecule has 1 aromatic heterocycles. The molecule has 0 unspecified atom stereocenters. The Balaban J connectivity index is 1.83. The Morgan fingerprint density at radius 3 is 2.70 bits per heavy atom.